The second-order valence-corrected chi connectivity index (χ2v) is 8.96. The molecule has 0 unspecified atom stereocenters. The highest BCUT2D eigenvalue weighted by Gasteiger charge is 2.26. The average molecular weight is 431 g/mol. The maximum atomic E-state index is 12.4. The molecule has 150 valence electrons. The van der Waals surface area contributed by atoms with Gasteiger partial charge in [0.1, 0.15) is 4.90 Å². The first-order chi connectivity index (χ1) is 13.8. The summed E-state index contributed by atoms with van der Waals surface area (Å²) >= 11 is 6.09. The van der Waals surface area contributed by atoms with E-state index in [0.717, 1.165) is 18.5 Å². The first-order valence-electron chi connectivity index (χ1n) is 9.05. The molecule has 3 aromatic rings. The summed E-state index contributed by atoms with van der Waals surface area (Å²) < 4.78 is 26.0. The van der Waals surface area contributed by atoms with Crippen molar-refractivity contribution in [2.24, 2.45) is 5.14 Å². The normalized spacial score (nSPS) is 14.0. The summed E-state index contributed by atoms with van der Waals surface area (Å²) in [4.78, 5) is 16.6. The van der Waals surface area contributed by atoms with Crippen molar-refractivity contribution < 1.29 is 13.2 Å². The predicted molar refractivity (Wildman–Crippen MR) is 111 cm³/mol. The van der Waals surface area contributed by atoms with E-state index in [4.69, 9.17) is 16.7 Å². The van der Waals surface area contributed by atoms with Gasteiger partial charge in [0.25, 0.3) is 0 Å². The molecule has 0 atom stereocenters. The van der Waals surface area contributed by atoms with Crippen LogP contribution in [0.1, 0.15) is 30.0 Å². The highest BCUT2D eigenvalue weighted by Crippen LogP contribution is 2.39. The Morgan fingerprint density at radius 3 is 2.69 bits per heavy atom. The van der Waals surface area contributed by atoms with Crippen LogP contribution >= 0.6 is 11.6 Å². The molecule has 0 aliphatic heterocycles. The SMILES string of the molecule is NS(=O)(=O)c1cc(NC(=O)Cc2ccccc2Cl)ccc1-n1cnc(C2CC2)c1. The lowest BCUT2D eigenvalue weighted by atomic mass is 10.1. The molecule has 1 aliphatic carbocycles. The third-order valence-corrected chi connectivity index (χ3v) is 6.04. The number of primary sulfonamides is 1. The molecule has 1 aliphatic rings. The molecule has 3 N–H and O–H groups in total. The number of rotatable bonds is 6. The summed E-state index contributed by atoms with van der Waals surface area (Å²) in [6, 6.07) is 11.6. The van der Waals surface area contributed by atoms with E-state index in [9.17, 15) is 13.2 Å². The second-order valence-electron chi connectivity index (χ2n) is 7.02. The molecule has 4 rings (SSSR count). The van der Waals surface area contributed by atoms with Crippen LogP contribution in [0, 0.1) is 0 Å². The first kappa shape index (κ1) is 19.6. The van der Waals surface area contributed by atoms with Crippen molar-refractivity contribution in [3.05, 3.63) is 71.3 Å². The Hall–Kier alpha value is -2.68. The minimum Gasteiger partial charge on any atom is -0.326 e. The van der Waals surface area contributed by atoms with Gasteiger partial charge in [-0.2, -0.15) is 0 Å². The van der Waals surface area contributed by atoms with Gasteiger partial charge in [0.05, 0.1) is 24.1 Å². The number of halogens is 1. The number of carbonyl (C=O) groups is 1. The van der Waals surface area contributed by atoms with Gasteiger partial charge in [0.15, 0.2) is 0 Å². The lowest BCUT2D eigenvalue weighted by Gasteiger charge is -2.12. The molecule has 0 spiro atoms. The number of benzene rings is 2. The van der Waals surface area contributed by atoms with Crippen LogP contribution in [-0.4, -0.2) is 23.9 Å². The molecule has 1 amide bonds. The van der Waals surface area contributed by atoms with Crippen molar-refractivity contribution in [1.29, 1.82) is 0 Å². The number of imidazole rings is 1. The minimum absolute atomic E-state index is 0.0679. The highest BCUT2D eigenvalue weighted by molar-refractivity contribution is 7.89. The molecule has 2 aromatic carbocycles. The van der Waals surface area contributed by atoms with Crippen molar-refractivity contribution in [2.45, 2.75) is 30.1 Å². The van der Waals surface area contributed by atoms with Crippen LogP contribution in [0.15, 0.2) is 59.9 Å². The van der Waals surface area contributed by atoms with Crippen LogP contribution in [0.3, 0.4) is 0 Å². The third kappa shape index (κ3) is 4.50. The lowest BCUT2D eigenvalue weighted by molar-refractivity contribution is -0.115. The zero-order valence-corrected chi connectivity index (χ0v) is 16.9. The van der Waals surface area contributed by atoms with E-state index < -0.39 is 10.0 Å². The summed E-state index contributed by atoms with van der Waals surface area (Å²) in [5.74, 6) is 0.127. The molecule has 7 nitrogen and oxygen atoms in total. The Kier molecular flexibility index (Phi) is 5.16. The number of aromatic nitrogens is 2. The quantitative estimate of drug-likeness (QED) is 0.625. The molecular weight excluding hydrogens is 412 g/mol. The number of hydrogen-bond donors (Lipinski definition) is 2. The number of anilines is 1. The molecule has 0 radical (unpaired) electrons. The van der Waals surface area contributed by atoms with Gasteiger partial charge < -0.3 is 9.88 Å². The van der Waals surface area contributed by atoms with Gasteiger partial charge in [-0.3, -0.25) is 4.79 Å². The van der Waals surface area contributed by atoms with E-state index in [1.807, 2.05) is 6.20 Å². The standard InChI is InChI=1S/C20H19ClN4O3S/c21-16-4-2-1-3-14(16)9-20(26)24-15-7-8-18(19(10-15)29(22,27)28)25-11-17(23-12-25)13-5-6-13/h1-4,7-8,10-13H,5-6,9H2,(H,24,26)(H2,22,27,28). The van der Waals surface area contributed by atoms with Crippen molar-refractivity contribution >= 4 is 33.2 Å². The predicted octanol–water partition coefficient (Wildman–Crippen LogP) is 3.23. The Labute approximate surface area is 173 Å². The smallest absolute Gasteiger partial charge is 0.240 e. The van der Waals surface area contributed by atoms with E-state index in [-0.39, 0.29) is 17.2 Å². The maximum absolute atomic E-state index is 12.4. The van der Waals surface area contributed by atoms with Gasteiger partial charge in [0, 0.05) is 22.8 Å². The van der Waals surface area contributed by atoms with Gasteiger partial charge >= 0.3 is 0 Å². The van der Waals surface area contributed by atoms with Crippen LogP contribution in [0.4, 0.5) is 5.69 Å². The molecule has 0 bridgehead atoms. The van der Waals surface area contributed by atoms with Crippen molar-refractivity contribution in [3.8, 4) is 5.69 Å². The molecule has 1 saturated carbocycles. The van der Waals surface area contributed by atoms with Crippen molar-refractivity contribution in [3.63, 3.8) is 0 Å². The summed E-state index contributed by atoms with van der Waals surface area (Å²) in [5.41, 5.74) is 2.33. The molecule has 0 saturated heterocycles. The number of hydrogen-bond acceptors (Lipinski definition) is 4. The van der Waals surface area contributed by atoms with E-state index in [0.29, 0.717) is 27.9 Å². The lowest BCUT2D eigenvalue weighted by Crippen LogP contribution is -2.18. The summed E-state index contributed by atoms with van der Waals surface area (Å²) in [7, 11) is -4.02. The molecule has 9 heteroatoms. The number of nitrogens with one attached hydrogen (secondary N) is 1. The van der Waals surface area contributed by atoms with Crippen LogP contribution in [0.25, 0.3) is 5.69 Å². The van der Waals surface area contributed by atoms with E-state index in [1.54, 1.807) is 47.3 Å². The first-order valence-corrected chi connectivity index (χ1v) is 11.0. The maximum Gasteiger partial charge on any atom is 0.240 e. The van der Waals surface area contributed by atoms with Gasteiger partial charge in [-0.15, -0.1) is 0 Å². The van der Waals surface area contributed by atoms with E-state index in [1.165, 1.54) is 6.07 Å². The monoisotopic (exact) mass is 430 g/mol. The Morgan fingerprint density at radius 1 is 1.24 bits per heavy atom. The number of carbonyl (C=O) groups excluding carboxylic acids is 1. The number of amides is 1. The average Bonchev–Trinajstić information content (AvgIpc) is 3.40. The van der Waals surface area contributed by atoms with Crippen LogP contribution < -0.4 is 10.5 Å². The molecule has 1 aromatic heterocycles. The van der Waals surface area contributed by atoms with Crippen molar-refractivity contribution in [1.82, 2.24) is 9.55 Å². The Balaban J connectivity index is 1.60. The van der Waals surface area contributed by atoms with Crippen LogP contribution in [-0.2, 0) is 21.2 Å². The topological polar surface area (TPSA) is 107 Å². The van der Waals surface area contributed by atoms with Gasteiger partial charge in [-0.05, 0) is 42.7 Å². The number of sulfonamides is 1. The Bertz CT molecular complexity index is 1190. The highest BCUT2D eigenvalue weighted by atomic mass is 35.5. The fourth-order valence-corrected chi connectivity index (χ4v) is 4.07. The zero-order chi connectivity index (χ0) is 20.6. The van der Waals surface area contributed by atoms with Gasteiger partial charge in [0.2, 0.25) is 15.9 Å². The third-order valence-electron chi connectivity index (χ3n) is 4.74. The van der Waals surface area contributed by atoms with Gasteiger partial charge in [-0.25, -0.2) is 18.5 Å². The number of nitrogens with two attached hydrogens (primary N) is 1. The minimum atomic E-state index is -4.02. The fourth-order valence-electron chi connectivity index (χ4n) is 3.11. The van der Waals surface area contributed by atoms with Crippen LogP contribution in [0.5, 0.6) is 0 Å². The summed E-state index contributed by atoms with van der Waals surface area (Å²) in [6.45, 7) is 0. The van der Waals surface area contributed by atoms with Crippen LogP contribution in [0.2, 0.25) is 5.02 Å². The zero-order valence-electron chi connectivity index (χ0n) is 15.4. The fraction of sp³-hybridized carbons (Fsp3) is 0.200. The molecule has 29 heavy (non-hydrogen) atoms. The molecule has 1 heterocycles. The summed E-state index contributed by atoms with van der Waals surface area (Å²) in [5, 5.41) is 8.62. The van der Waals surface area contributed by atoms with Gasteiger partial charge in [-0.1, -0.05) is 29.8 Å². The largest absolute Gasteiger partial charge is 0.326 e. The molecular formula is C20H19ClN4O3S. The Morgan fingerprint density at radius 2 is 2.00 bits per heavy atom. The van der Waals surface area contributed by atoms with Crippen molar-refractivity contribution in [2.75, 3.05) is 5.32 Å². The summed E-state index contributed by atoms with van der Waals surface area (Å²) in [6.07, 6.45) is 5.65. The second kappa shape index (κ2) is 7.62. The molecule has 1 fully saturated rings. The van der Waals surface area contributed by atoms with E-state index >= 15 is 0 Å². The number of nitrogens with zero attached hydrogens (tertiary/aromatic N) is 2. The van der Waals surface area contributed by atoms with E-state index in [2.05, 4.69) is 10.3 Å².